The maximum absolute atomic E-state index is 12.7. The highest BCUT2D eigenvalue weighted by atomic mass is 16.1. The van der Waals surface area contributed by atoms with Gasteiger partial charge in [-0.25, -0.2) is 9.67 Å². The van der Waals surface area contributed by atoms with Crippen LogP contribution in [0.5, 0.6) is 0 Å². The minimum atomic E-state index is -0.170. The van der Waals surface area contributed by atoms with Crippen LogP contribution in [0.2, 0.25) is 0 Å². The molecule has 0 atom stereocenters. The number of rotatable bonds is 3. The molecule has 0 fully saturated rings. The quantitative estimate of drug-likeness (QED) is 0.591. The average Bonchev–Trinajstić information content (AvgIpc) is 3.21. The third kappa shape index (κ3) is 2.75. The van der Waals surface area contributed by atoms with Gasteiger partial charge in [-0.05, 0) is 51.1 Å². The van der Waals surface area contributed by atoms with Gasteiger partial charge in [0.1, 0.15) is 0 Å². The van der Waals surface area contributed by atoms with Crippen LogP contribution in [0.3, 0.4) is 0 Å². The minimum Gasteiger partial charge on any atom is -0.345 e. The van der Waals surface area contributed by atoms with E-state index in [0.717, 1.165) is 33.8 Å². The van der Waals surface area contributed by atoms with Gasteiger partial charge in [-0.3, -0.25) is 4.79 Å². The number of fused-ring (bicyclic) bond motifs is 1. The van der Waals surface area contributed by atoms with Gasteiger partial charge >= 0.3 is 0 Å². The Morgan fingerprint density at radius 3 is 2.62 bits per heavy atom. The van der Waals surface area contributed by atoms with E-state index in [9.17, 15) is 4.79 Å². The van der Waals surface area contributed by atoms with Crippen molar-refractivity contribution in [3.63, 3.8) is 0 Å². The van der Waals surface area contributed by atoms with Gasteiger partial charge in [0.05, 0.1) is 40.1 Å². The van der Waals surface area contributed by atoms with Crippen molar-refractivity contribution in [1.82, 2.24) is 19.7 Å². The molecule has 26 heavy (non-hydrogen) atoms. The third-order valence-corrected chi connectivity index (χ3v) is 4.49. The lowest BCUT2D eigenvalue weighted by Crippen LogP contribution is -2.13. The molecule has 4 rings (SSSR count). The zero-order chi connectivity index (χ0) is 18.3. The van der Waals surface area contributed by atoms with Crippen molar-refractivity contribution < 1.29 is 4.79 Å². The highest BCUT2D eigenvalue weighted by molar-refractivity contribution is 6.06. The Balaban J connectivity index is 1.65. The molecule has 2 N–H and O–H groups in total. The maximum Gasteiger partial charge on any atom is 0.255 e. The molecule has 1 amide bonds. The molecule has 2 heterocycles. The second-order valence-corrected chi connectivity index (χ2v) is 6.38. The number of imidazole rings is 1. The van der Waals surface area contributed by atoms with E-state index in [2.05, 4.69) is 20.4 Å². The summed E-state index contributed by atoms with van der Waals surface area (Å²) in [7, 11) is 0. The van der Waals surface area contributed by atoms with Gasteiger partial charge in [-0.2, -0.15) is 5.10 Å². The number of aromatic nitrogens is 4. The van der Waals surface area contributed by atoms with Gasteiger partial charge in [0.2, 0.25) is 0 Å². The zero-order valence-electron chi connectivity index (χ0n) is 14.9. The summed E-state index contributed by atoms with van der Waals surface area (Å²) in [5.74, 6) is -0.170. The maximum atomic E-state index is 12.7. The largest absolute Gasteiger partial charge is 0.345 e. The summed E-state index contributed by atoms with van der Waals surface area (Å²) in [6.45, 7) is 5.89. The van der Waals surface area contributed by atoms with E-state index in [1.54, 1.807) is 18.5 Å². The van der Waals surface area contributed by atoms with Crippen molar-refractivity contribution in [2.75, 3.05) is 5.32 Å². The third-order valence-electron chi connectivity index (χ3n) is 4.49. The molecule has 0 radical (unpaired) electrons. The molecule has 4 aromatic rings. The first-order chi connectivity index (χ1) is 12.5. The van der Waals surface area contributed by atoms with E-state index in [0.29, 0.717) is 5.56 Å². The molecule has 2 aromatic carbocycles. The van der Waals surface area contributed by atoms with Crippen molar-refractivity contribution in [1.29, 1.82) is 0 Å². The van der Waals surface area contributed by atoms with E-state index >= 15 is 0 Å². The molecular formula is C20H19N5O. The molecule has 0 aliphatic heterocycles. The summed E-state index contributed by atoms with van der Waals surface area (Å²) in [5, 5.41) is 7.58. The SMILES string of the molecule is Cc1ccc(-n2nc(C)c(NC(=O)c3ccc4nc[nH]c4c3)c2C)cc1. The number of aromatic amines is 1. The van der Waals surface area contributed by atoms with Crippen LogP contribution in [0, 0.1) is 20.8 Å². The highest BCUT2D eigenvalue weighted by Gasteiger charge is 2.16. The van der Waals surface area contributed by atoms with Gasteiger partial charge in [0, 0.05) is 5.56 Å². The molecule has 2 aromatic heterocycles. The molecule has 0 spiro atoms. The standard InChI is InChI=1S/C20H19N5O/c1-12-4-7-16(8-5-12)25-14(3)19(13(2)24-25)23-20(26)15-6-9-17-18(10-15)22-11-21-17/h4-11H,1-3H3,(H,21,22)(H,23,26). The zero-order valence-corrected chi connectivity index (χ0v) is 14.9. The predicted molar refractivity (Wildman–Crippen MR) is 102 cm³/mol. The fourth-order valence-corrected chi connectivity index (χ4v) is 3.02. The summed E-state index contributed by atoms with van der Waals surface area (Å²) in [4.78, 5) is 19.9. The number of nitrogens with one attached hydrogen (secondary N) is 2. The van der Waals surface area contributed by atoms with Crippen LogP contribution in [0.25, 0.3) is 16.7 Å². The van der Waals surface area contributed by atoms with Gasteiger partial charge in [0.15, 0.2) is 0 Å². The smallest absolute Gasteiger partial charge is 0.255 e. The Bertz CT molecular complexity index is 1110. The number of benzene rings is 2. The molecule has 0 saturated heterocycles. The summed E-state index contributed by atoms with van der Waals surface area (Å²) in [6, 6.07) is 13.5. The van der Waals surface area contributed by atoms with Crippen molar-refractivity contribution in [3.05, 3.63) is 71.3 Å². The number of H-pyrrole nitrogens is 1. The highest BCUT2D eigenvalue weighted by Crippen LogP contribution is 2.24. The van der Waals surface area contributed by atoms with Crippen molar-refractivity contribution in [3.8, 4) is 5.69 Å². The molecule has 0 aliphatic carbocycles. The number of nitrogens with zero attached hydrogens (tertiary/aromatic N) is 3. The van der Waals surface area contributed by atoms with Crippen LogP contribution in [0.4, 0.5) is 5.69 Å². The van der Waals surface area contributed by atoms with Crippen molar-refractivity contribution in [2.45, 2.75) is 20.8 Å². The summed E-state index contributed by atoms with van der Waals surface area (Å²) < 4.78 is 1.85. The van der Waals surface area contributed by atoms with Crippen LogP contribution < -0.4 is 5.32 Å². The average molecular weight is 345 g/mol. The normalized spacial score (nSPS) is 11.0. The molecule has 0 saturated carbocycles. The molecule has 0 unspecified atom stereocenters. The van der Waals surface area contributed by atoms with Crippen molar-refractivity contribution >= 4 is 22.6 Å². The minimum absolute atomic E-state index is 0.170. The number of amides is 1. The Morgan fingerprint density at radius 2 is 1.85 bits per heavy atom. The van der Waals surface area contributed by atoms with E-state index in [1.165, 1.54) is 5.56 Å². The van der Waals surface area contributed by atoms with E-state index in [1.807, 2.05) is 55.8 Å². The molecular weight excluding hydrogens is 326 g/mol. The van der Waals surface area contributed by atoms with E-state index < -0.39 is 0 Å². The Hall–Kier alpha value is -3.41. The number of carbonyl (C=O) groups excluding carboxylic acids is 1. The summed E-state index contributed by atoms with van der Waals surface area (Å²) in [5.41, 5.74) is 6.81. The van der Waals surface area contributed by atoms with Crippen LogP contribution in [0.15, 0.2) is 48.8 Å². The summed E-state index contributed by atoms with van der Waals surface area (Å²) >= 11 is 0. The first-order valence-corrected chi connectivity index (χ1v) is 8.40. The predicted octanol–water partition coefficient (Wildman–Crippen LogP) is 3.93. The van der Waals surface area contributed by atoms with E-state index in [-0.39, 0.29) is 5.91 Å². The molecule has 6 heteroatoms. The lowest BCUT2D eigenvalue weighted by atomic mass is 10.2. The van der Waals surface area contributed by atoms with Crippen LogP contribution in [0.1, 0.15) is 27.3 Å². The molecule has 130 valence electrons. The second kappa shape index (κ2) is 6.15. The number of anilines is 1. The number of hydrogen-bond donors (Lipinski definition) is 2. The number of hydrogen-bond acceptors (Lipinski definition) is 3. The Labute approximate surface area is 150 Å². The van der Waals surface area contributed by atoms with Crippen LogP contribution >= 0.6 is 0 Å². The fourth-order valence-electron chi connectivity index (χ4n) is 3.02. The molecule has 0 aliphatic rings. The fraction of sp³-hybridized carbons (Fsp3) is 0.150. The monoisotopic (exact) mass is 345 g/mol. The summed E-state index contributed by atoms with van der Waals surface area (Å²) in [6.07, 6.45) is 1.62. The number of carbonyl (C=O) groups is 1. The Kier molecular flexibility index (Phi) is 3.80. The van der Waals surface area contributed by atoms with E-state index in [4.69, 9.17) is 0 Å². The van der Waals surface area contributed by atoms with Gasteiger partial charge in [-0.1, -0.05) is 17.7 Å². The lowest BCUT2D eigenvalue weighted by Gasteiger charge is -2.08. The topological polar surface area (TPSA) is 75.6 Å². The molecule has 6 nitrogen and oxygen atoms in total. The van der Waals surface area contributed by atoms with Crippen LogP contribution in [-0.4, -0.2) is 25.7 Å². The number of aryl methyl sites for hydroxylation is 2. The molecule has 0 bridgehead atoms. The van der Waals surface area contributed by atoms with Gasteiger partial charge in [0.25, 0.3) is 5.91 Å². The van der Waals surface area contributed by atoms with Gasteiger partial charge in [-0.15, -0.1) is 0 Å². The lowest BCUT2D eigenvalue weighted by molar-refractivity contribution is 0.102. The second-order valence-electron chi connectivity index (χ2n) is 6.38. The van der Waals surface area contributed by atoms with Crippen molar-refractivity contribution in [2.24, 2.45) is 0 Å². The first kappa shape index (κ1) is 16.1. The van der Waals surface area contributed by atoms with Crippen LogP contribution in [-0.2, 0) is 0 Å². The Morgan fingerprint density at radius 1 is 1.08 bits per heavy atom. The van der Waals surface area contributed by atoms with Gasteiger partial charge < -0.3 is 10.3 Å². The first-order valence-electron chi connectivity index (χ1n) is 8.40.